The van der Waals surface area contributed by atoms with Crippen molar-refractivity contribution in [2.24, 2.45) is 0 Å². The number of hydrogen-bond donors (Lipinski definition) is 3. The summed E-state index contributed by atoms with van der Waals surface area (Å²) in [7, 11) is 0. The van der Waals surface area contributed by atoms with Crippen molar-refractivity contribution in [2.75, 3.05) is 10.6 Å². The molecule has 3 aromatic rings. The third kappa shape index (κ3) is 4.16. The number of hydrogen-bond acceptors (Lipinski definition) is 5. The molecule has 0 spiro atoms. The van der Waals surface area contributed by atoms with Gasteiger partial charge in [0.25, 0.3) is 0 Å². The average Bonchev–Trinajstić information content (AvgIpc) is 3.43. The van der Waals surface area contributed by atoms with Crippen molar-refractivity contribution in [1.82, 2.24) is 10.3 Å². The molecule has 0 radical (unpaired) electrons. The van der Waals surface area contributed by atoms with Gasteiger partial charge >= 0.3 is 6.03 Å². The molecule has 2 atom stereocenters. The highest BCUT2D eigenvalue weighted by atomic mass is 16.5. The number of aryl methyl sites for hydroxylation is 2. The Kier molecular flexibility index (Phi) is 5.28. The SMILES string of the molecule is C[C@H]1c2cc(Oc3ccnc4c3CCC(=O)N4)ccc2O[C@H]1NC(=O)Nc1ccc2c(c1)CCC2. The lowest BCUT2D eigenvalue weighted by atomic mass is 10.0. The van der Waals surface area contributed by atoms with Gasteiger partial charge in [-0.05, 0) is 73.2 Å². The number of carbonyl (C=O) groups is 2. The van der Waals surface area contributed by atoms with Crippen LogP contribution >= 0.6 is 0 Å². The Hall–Kier alpha value is -4.07. The minimum absolute atomic E-state index is 0.0376. The van der Waals surface area contributed by atoms with Crippen molar-refractivity contribution in [2.45, 2.75) is 51.2 Å². The molecule has 3 heterocycles. The minimum Gasteiger partial charge on any atom is -0.470 e. The Morgan fingerprint density at radius 1 is 1.09 bits per heavy atom. The van der Waals surface area contributed by atoms with Crippen molar-refractivity contribution >= 4 is 23.4 Å². The lowest BCUT2D eigenvalue weighted by molar-refractivity contribution is -0.116. The maximum absolute atomic E-state index is 12.7. The number of urea groups is 1. The van der Waals surface area contributed by atoms with E-state index in [1.807, 2.05) is 31.2 Å². The van der Waals surface area contributed by atoms with Crippen LogP contribution in [0.5, 0.6) is 17.2 Å². The van der Waals surface area contributed by atoms with Gasteiger partial charge in [0.1, 0.15) is 23.1 Å². The van der Waals surface area contributed by atoms with Gasteiger partial charge in [-0.1, -0.05) is 13.0 Å². The van der Waals surface area contributed by atoms with Gasteiger partial charge in [0.15, 0.2) is 6.23 Å². The molecule has 0 fully saturated rings. The molecule has 1 aliphatic carbocycles. The quantitative estimate of drug-likeness (QED) is 0.504. The number of ether oxygens (including phenoxy) is 2. The molecule has 3 amide bonds. The van der Waals surface area contributed by atoms with E-state index in [2.05, 4.69) is 33.1 Å². The minimum atomic E-state index is -0.487. The van der Waals surface area contributed by atoms with E-state index >= 15 is 0 Å². The first-order valence-electron chi connectivity index (χ1n) is 12.0. The summed E-state index contributed by atoms with van der Waals surface area (Å²) in [6, 6.07) is 13.2. The second-order valence-electron chi connectivity index (χ2n) is 9.25. The van der Waals surface area contributed by atoms with Gasteiger partial charge in [-0.3, -0.25) is 4.79 Å². The molecular formula is C27H26N4O4. The fourth-order valence-corrected chi connectivity index (χ4v) is 5.04. The largest absolute Gasteiger partial charge is 0.470 e. The number of benzene rings is 2. The van der Waals surface area contributed by atoms with E-state index in [1.165, 1.54) is 17.5 Å². The van der Waals surface area contributed by atoms with E-state index < -0.39 is 6.23 Å². The van der Waals surface area contributed by atoms with E-state index in [4.69, 9.17) is 9.47 Å². The molecule has 8 heteroatoms. The summed E-state index contributed by atoms with van der Waals surface area (Å²) in [5.41, 5.74) is 5.32. The summed E-state index contributed by atoms with van der Waals surface area (Å²) in [6.07, 6.45) is 5.47. The van der Waals surface area contributed by atoms with E-state index in [0.29, 0.717) is 30.2 Å². The first-order valence-corrected chi connectivity index (χ1v) is 12.0. The summed E-state index contributed by atoms with van der Waals surface area (Å²) in [6.45, 7) is 2.01. The van der Waals surface area contributed by atoms with Gasteiger partial charge < -0.3 is 25.4 Å². The molecule has 0 saturated heterocycles. The molecule has 3 aliphatic rings. The number of anilines is 2. The zero-order valence-electron chi connectivity index (χ0n) is 19.4. The smallest absolute Gasteiger partial charge is 0.322 e. The van der Waals surface area contributed by atoms with Crippen LogP contribution < -0.4 is 25.4 Å². The summed E-state index contributed by atoms with van der Waals surface area (Å²) in [5.74, 6) is 2.50. The lowest BCUT2D eigenvalue weighted by Crippen LogP contribution is -2.42. The maximum Gasteiger partial charge on any atom is 0.322 e. The first-order chi connectivity index (χ1) is 17.0. The molecule has 178 valence electrons. The molecule has 6 rings (SSSR count). The second kappa shape index (κ2) is 8.61. The van der Waals surface area contributed by atoms with Crippen molar-refractivity contribution in [3.8, 4) is 17.2 Å². The summed E-state index contributed by atoms with van der Waals surface area (Å²) < 4.78 is 12.2. The Balaban J connectivity index is 1.13. The highest BCUT2D eigenvalue weighted by molar-refractivity contribution is 5.93. The predicted molar refractivity (Wildman–Crippen MR) is 131 cm³/mol. The van der Waals surface area contributed by atoms with Gasteiger partial charge in [0.2, 0.25) is 5.91 Å². The number of nitrogens with one attached hydrogen (secondary N) is 3. The van der Waals surface area contributed by atoms with Crippen LogP contribution in [0.3, 0.4) is 0 Å². The number of aromatic nitrogens is 1. The summed E-state index contributed by atoms with van der Waals surface area (Å²) in [4.78, 5) is 28.6. The molecule has 1 aromatic heterocycles. The lowest BCUT2D eigenvalue weighted by Gasteiger charge is -2.19. The third-order valence-electron chi connectivity index (χ3n) is 6.91. The fourth-order valence-electron chi connectivity index (χ4n) is 5.04. The van der Waals surface area contributed by atoms with Gasteiger partial charge in [-0.2, -0.15) is 0 Å². The van der Waals surface area contributed by atoms with E-state index in [9.17, 15) is 9.59 Å². The van der Waals surface area contributed by atoms with Gasteiger partial charge in [-0.15, -0.1) is 0 Å². The third-order valence-corrected chi connectivity index (χ3v) is 6.91. The van der Waals surface area contributed by atoms with Gasteiger partial charge in [0, 0.05) is 35.3 Å². The molecule has 0 saturated carbocycles. The normalized spacial score (nSPS) is 19.6. The summed E-state index contributed by atoms with van der Waals surface area (Å²) >= 11 is 0. The monoisotopic (exact) mass is 470 g/mol. The topological polar surface area (TPSA) is 102 Å². The molecule has 2 aromatic carbocycles. The molecule has 0 unspecified atom stereocenters. The highest BCUT2D eigenvalue weighted by Gasteiger charge is 2.33. The molecule has 8 nitrogen and oxygen atoms in total. The zero-order valence-corrected chi connectivity index (χ0v) is 19.4. The van der Waals surface area contributed by atoms with Crippen molar-refractivity contribution in [3.63, 3.8) is 0 Å². The van der Waals surface area contributed by atoms with Crippen LogP contribution in [-0.4, -0.2) is 23.2 Å². The molecule has 3 N–H and O–H groups in total. The second-order valence-corrected chi connectivity index (χ2v) is 9.25. The zero-order chi connectivity index (χ0) is 23.9. The Labute approximate surface area is 203 Å². The fraction of sp³-hybridized carbons (Fsp3) is 0.296. The van der Waals surface area contributed by atoms with Crippen LogP contribution in [0.1, 0.15) is 47.9 Å². The van der Waals surface area contributed by atoms with E-state index in [-0.39, 0.29) is 17.9 Å². The predicted octanol–water partition coefficient (Wildman–Crippen LogP) is 4.89. The number of amides is 3. The standard InChI is InChI=1S/C27H26N4O4/c1-15-21-14-19(34-23-11-12-28-25-20(23)8-10-24(32)30-25)7-9-22(21)35-26(15)31-27(33)29-18-6-5-16-3-2-4-17(16)13-18/h5-7,9,11-15,26H,2-4,8,10H2,1H3,(H,28,30,32)(H2,29,31,33)/t15-,26+/m0/s1. The van der Waals surface area contributed by atoms with E-state index in [0.717, 1.165) is 35.4 Å². The van der Waals surface area contributed by atoms with Crippen molar-refractivity contribution in [3.05, 3.63) is 70.9 Å². The molecule has 35 heavy (non-hydrogen) atoms. The van der Waals surface area contributed by atoms with Crippen molar-refractivity contribution in [1.29, 1.82) is 0 Å². The van der Waals surface area contributed by atoms with Crippen molar-refractivity contribution < 1.29 is 19.1 Å². The number of nitrogens with zero attached hydrogens (tertiary/aromatic N) is 1. The number of pyridine rings is 1. The number of rotatable bonds is 4. The number of fused-ring (bicyclic) bond motifs is 3. The average molecular weight is 471 g/mol. The van der Waals surface area contributed by atoms with Crippen LogP contribution in [-0.2, 0) is 24.1 Å². The Morgan fingerprint density at radius 2 is 1.97 bits per heavy atom. The highest BCUT2D eigenvalue weighted by Crippen LogP contribution is 2.41. The molecular weight excluding hydrogens is 444 g/mol. The first kappa shape index (κ1) is 21.5. The number of carbonyl (C=O) groups excluding carboxylic acids is 2. The van der Waals surface area contributed by atoms with Crippen LogP contribution in [0, 0.1) is 0 Å². The molecule has 0 bridgehead atoms. The van der Waals surface area contributed by atoms with Gasteiger partial charge in [0.05, 0.1) is 0 Å². The van der Waals surface area contributed by atoms with Crippen LogP contribution in [0.25, 0.3) is 0 Å². The summed E-state index contributed by atoms with van der Waals surface area (Å²) in [5, 5.41) is 8.67. The van der Waals surface area contributed by atoms with E-state index in [1.54, 1.807) is 12.3 Å². The Morgan fingerprint density at radius 3 is 2.89 bits per heavy atom. The maximum atomic E-state index is 12.7. The van der Waals surface area contributed by atoms with Crippen LogP contribution in [0.4, 0.5) is 16.3 Å². The Bertz CT molecular complexity index is 1340. The van der Waals surface area contributed by atoms with Crippen LogP contribution in [0.2, 0.25) is 0 Å². The van der Waals surface area contributed by atoms with Gasteiger partial charge in [-0.25, -0.2) is 9.78 Å². The van der Waals surface area contributed by atoms with Crippen LogP contribution in [0.15, 0.2) is 48.7 Å². The molecule has 2 aliphatic heterocycles.